The summed E-state index contributed by atoms with van der Waals surface area (Å²) in [6.45, 7) is 13.2. The minimum atomic E-state index is -2.10. The van der Waals surface area contributed by atoms with E-state index in [9.17, 15) is 29.7 Å². The number of aliphatic hydroxyl groups excluding tert-OH is 2. The van der Waals surface area contributed by atoms with Crippen LogP contribution in [0.15, 0.2) is 77.9 Å². The molecule has 1 amide bonds. The number of rotatable bonds is 8. The van der Waals surface area contributed by atoms with Gasteiger partial charge in [-0.05, 0) is 119 Å². The number of cyclic esters (lactones) is 1. The van der Waals surface area contributed by atoms with Gasteiger partial charge in [-0.25, -0.2) is 4.79 Å². The van der Waals surface area contributed by atoms with Crippen LogP contribution in [0.3, 0.4) is 0 Å². The zero-order chi connectivity index (χ0) is 52.0. The number of benzene rings is 1. The van der Waals surface area contributed by atoms with Crippen LogP contribution in [-0.2, 0) is 42.9 Å². The van der Waals surface area contributed by atoms with Crippen LogP contribution in [-0.4, -0.2) is 132 Å². The number of methoxy groups -OCH3 is 3. The van der Waals surface area contributed by atoms with Crippen LogP contribution >= 0.6 is 0 Å². The number of piperidine rings is 1. The van der Waals surface area contributed by atoms with Crippen molar-refractivity contribution in [3.05, 3.63) is 77.9 Å². The predicted molar refractivity (Wildman–Crippen MR) is 271 cm³/mol. The first-order valence-electron chi connectivity index (χ1n) is 26.2. The molecule has 71 heavy (non-hydrogen) atoms. The summed E-state index contributed by atoms with van der Waals surface area (Å²) in [5.41, 5.74) is 1.26. The molecule has 16 atom stereocenters. The second-order valence-corrected chi connectivity index (χ2v) is 21.2. The van der Waals surface area contributed by atoms with Gasteiger partial charge in [0.1, 0.15) is 24.0 Å². The summed E-state index contributed by atoms with van der Waals surface area (Å²) in [5, 5.41) is 34.9. The van der Waals surface area contributed by atoms with Gasteiger partial charge in [-0.3, -0.25) is 14.4 Å². The highest BCUT2D eigenvalue weighted by Crippen LogP contribution is 2.40. The van der Waals surface area contributed by atoms with Crippen LogP contribution in [0.25, 0.3) is 0 Å². The number of esters is 1. The van der Waals surface area contributed by atoms with Gasteiger partial charge < -0.3 is 48.6 Å². The molecule has 0 aromatic heterocycles. The van der Waals surface area contributed by atoms with Crippen LogP contribution in [0.1, 0.15) is 126 Å². The van der Waals surface area contributed by atoms with Gasteiger partial charge in [-0.15, -0.1) is 0 Å². The molecule has 3 fully saturated rings. The molecule has 2 bridgehead atoms. The van der Waals surface area contributed by atoms with Gasteiger partial charge in [-0.2, -0.15) is 0 Å². The second kappa shape index (κ2) is 27.3. The van der Waals surface area contributed by atoms with E-state index < -0.39 is 78.1 Å². The largest absolute Gasteiger partial charge is 0.475 e. The van der Waals surface area contributed by atoms with Crippen molar-refractivity contribution >= 4 is 23.4 Å². The molecule has 14 heteroatoms. The highest BCUT2D eigenvalue weighted by molar-refractivity contribution is 5.95. The Kier molecular flexibility index (Phi) is 22.3. The standard InChI is InChI=1S/C57H85NO13/c1-35-19-13-11-14-20-36(2)48(66-8)33-44-26-24-41(7)57(65,71-44)54(69-43-21-15-12-16-22-43)55(63)58-28-18-17-23-45(58)56(64)70-49(38(4)31-42-25-27-46(59)50(32-42)67-9)34-47(60)37(3)30-40(6)52(62)53(68-10)51(61)39(5)29-35/h11-16,19-22,30,35,38-42,44-46,48-50,52-54,59,62,65H,17-18,23-29,31-34H2,1-10H3/t35?,38-,39?,40?,41-,42?,44+,45?,46-,48+,49?,50-,52?,53+,54+,57-/m1/s1. The van der Waals surface area contributed by atoms with Crippen LogP contribution in [0.4, 0.5) is 0 Å². The molecule has 1 aromatic carbocycles. The maximum atomic E-state index is 15.3. The molecule has 0 radical (unpaired) electrons. The molecule has 0 spiro atoms. The maximum Gasteiger partial charge on any atom is 0.329 e. The quantitative estimate of drug-likeness (QED) is 0.213. The number of hydrogen-bond acceptors (Lipinski definition) is 13. The van der Waals surface area contributed by atoms with Gasteiger partial charge in [0.25, 0.3) is 5.91 Å². The molecule has 3 aliphatic heterocycles. The third-order valence-corrected chi connectivity index (χ3v) is 15.6. The van der Waals surface area contributed by atoms with E-state index >= 15 is 4.79 Å². The number of allylic oxidation sites excluding steroid dienone is 6. The third kappa shape index (κ3) is 15.5. The lowest BCUT2D eigenvalue weighted by molar-refractivity contribution is -0.313. The van der Waals surface area contributed by atoms with Crippen molar-refractivity contribution in [2.75, 3.05) is 27.9 Å². The monoisotopic (exact) mass is 992 g/mol. The molecule has 1 aliphatic carbocycles. The number of para-hydroxylation sites is 1. The van der Waals surface area contributed by atoms with E-state index in [-0.39, 0.29) is 54.5 Å². The normalized spacial score (nSPS) is 36.5. The topological polar surface area (TPSA) is 188 Å². The summed E-state index contributed by atoms with van der Waals surface area (Å²) >= 11 is 0. The van der Waals surface area contributed by atoms with E-state index in [4.69, 9.17) is 28.4 Å². The number of fused-ring (bicyclic) bond motifs is 3. The number of carbonyl (C=O) groups excluding carboxylic acids is 4. The van der Waals surface area contributed by atoms with E-state index in [1.54, 1.807) is 58.4 Å². The minimum absolute atomic E-state index is 0.0285. The molecule has 3 heterocycles. The lowest BCUT2D eigenvalue weighted by Crippen LogP contribution is -2.65. The minimum Gasteiger partial charge on any atom is -0.475 e. The molecule has 14 nitrogen and oxygen atoms in total. The number of ether oxygens (including phenoxy) is 6. The number of nitrogens with zero attached hydrogens (tertiary/aromatic N) is 1. The Bertz CT molecular complexity index is 2020. The van der Waals surface area contributed by atoms with Crippen molar-refractivity contribution in [3.8, 4) is 5.75 Å². The van der Waals surface area contributed by atoms with E-state index in [1.165, 1.54) is 12.0 Å². The van der Waals surface area contributed by atoms with Gasteiger partial charge >= 0.3 is 5.97 Å². The lowest BCUT2D eigenvalue weighted by atomic mass is 9.78. The zero-order valence-electron chi connectivity index (χ0n) is 44.1. The molecule has 2 saturated heterocycles. The Morgan fingerprint density at radius 3 is 2.27 bits per heavy atom. The Labute approximate surface area is 423 Å². The van der Waals surface area contributed by atoms with E-state index in [2.05, 4.69) is 0 Å². The number of aliphatic hydroxyl groups is 3. The Hall–Kier alpha value is -4.02. The second-order valence-electron chi connectivity index (χ2n) is 21.2. The predicted octanol–water partition coefficient (Wildman–Crippen LogP) is 8.06. The van der Waals surface area contributed by atoms with Crippen LogP contribution < -0.4 is 4.74 Å². The van der Waals surface area contributed by atoms with Crippen molar-refractivity contribution < 1.29 is 62.9 Å². The Morgan fingerprint density at radius 2 is 1.58 bits per heavy atom. The number of ketones is 2. The molecular formula is C57H85NO13. The van der Waals surface area contributed by atoms with E-state index in [0.29, 0.717) is 75.5 Å². The molecular weight excluding hydrogens is 907 g/mol. The van der Waals surface area contributed by atoms with E-state index in [0.717, 1.165) is 12.0 Å². The summed E-state index contributed by atoms with van der Waals surface area (Å²) in [4.78, 5) is 59.6. The van der Waals surface area contributed by atoms with Crippen molar-refractivity contribution in [1.29, 1.82) is 0 Å². The van der Waals surface area contributed by atoms with Gasteiger partial charge in [0.05, 0.1) is 30.5 Å². The first-order chi connectivity index (χ1) is 33.8. The highest BCUT2D eigenvalue weighted by atomic mass is 16.7. The molecule has 5 rings (SSSR count). The average molecular weight is 992 g/mol. The van der Waals surface area contributed by atoms with Gasteiger partial charge in [0.2, 0.25) is 11.9 Å². The fourth-order valence-corrected chi connectivity index (χ4v) is 11.0. The van der Waals surface area contributed by atoms with E-state index in [1.807, 2.05) is 71.1 Å². The first-order valence-corrected chi connectivity index (χ1v) is 26.2. The summed E-state index contributed by atoms with van der Waals surface area (Å²) in [5.74, 6) is -5.35. The maximum absolute atomic E-state index is 15.3. The van der Waals surface area contributed by atoms with Crippen molar-refractivity contribution in [3.63, 3.8) is 0 Å². The number of amides is 1. The van der Waals surface area contributed by atoms with Crippen molar-refractivity contribution in [2.24, 2.45) is 35.5 Å². The highest BCUT2D eigenvalue weighted by Gasteiger charge is 2.55. The summed E-state index contributed by atoms with van der Waals surface area (Å²) in [6.07, 6.45) is 10.6. The first kappa shape index (κ1) is 57.9. The summed E-state index contributed by atoms with van der Waals surface area (Å²) in [7, 11) is 4.61. The fraction of sp³-hybridized carbons (Fsp3) is 0.684. The molecule has 396 valence electrons. The van der Waals surface area contributed by atoms with Gasteiger partial charge in [0, 0.05) is 58.5 Å². The number of carbonyl (C=O) groups is 4. The Morgan fingerprint density at radius 1 is 0.845 bits per heavy atom. The smallest absolute Gasteiger partial charge is 0.329 e. The van der Waals surface area contributed by atoms with Crippen LogP contribution in [0.5, 0.6) is 5.75 Å². The number of Topliss-reactive ketones (excluding diaryl/α,β-unsaturated/α-hetero) is 2. The summed E-state index contributed by atoms with van der Waals surface area (Å²) < 4.78 is 36.8. The fourth-order valence-electron chi connectivity index (χ4n) is 11.0. The average Bonchev–Trinajstić information content (AvgIpc) is 3.35. The molecule has 1 aromatic rings. The Balaban J connectivity index is 1.54. The molecule has 1 saturated carbocycles. The van der Waals surface area contributed by atoms with Crippen molar-refractivity contribution in [2.45, 2.75) is 186 Å². The zero-order valence-corrected chi connectivity index (χ0v) is 44.1. The van der Waals surface area contributed by atoms with Gasteiger partial charge in [0.15, 0.2) is 11.6 Å². The van der Waals surface area contributed by atoms with Crippen LogP contribution in [0.2, 0.25) is 0 Å². The van der Waals surface area contributed by atoms with Crippen molar-refractivity contribution in [1.82, 2.24) is 4.90 Å². The van der Waals surface area contributed by atoms with Crippen LogP contribution in [0, 0.1) is 35.5 Å². The summed E-state index contributed by atoms with van der Waals surface area (Å²) in [6, 6.07) is 7.75. The SMILES string of the molecule is CO[C@H]1C[C@@H]2CC[C@@H](C)[C@@](O)(O2)[C@@H](Oc2ccccc2)C(=O)N2CCCCC2C(=O)OC([C@H](C)CC2CC[C@@H](O)[C@H](OC)C2)CC(=O)C(C)=CC(C)C(O)[C@@H](OC)C(=O)C(C)CC(C)C=CC=CC=C1C. The molecule has 7 unspecified atom stereocenters. The number of hydrogen-bond donors (Lipinski definition) is 3. The molecule has 4 aliphatic rings. The molecule has 3 N–H and O–H groups in total. The third-order valence-electron chi connectivity index (χ3n) is 15.6. The van der Waals surface area contributed by atoms with Gasteiger partial charge in [-0.1, -0.05) is 89.3 Å². The lowest BCUT2D eigenvalue weighted by Gasteiger charge is -2.47.